The van der Waals surface area contributed by atoms with Crippen LogP contribution in [0.15, 0.2) is 18.2 Å². The number of nitrogens with one attached hydrogen (secondary N) is 1. The minimum Gasteiger partial charge on any atom is -0.339 e. The van der Waals surface area contributed by atoms with E-state index in [9.17, 15) is 9.18 Å². The molecule has 0 bridgehead atoms. The first-order valence-corrected chi connectivity index (χ1v) is 7.79. The van der Waals surface area contributed by atoms with Crippen molar-refractivity contribution in [2.24, 2.45) is 0 Å². The van der Waals surface area contributed by atoms with Crippen LogP contribution in [0.25, 0.3) is 0 Å². The first-order chi connectivity index (χ1) is 10.0. The number of nitrogens with zero attached hydrogens (tertiary/aromatic N) is 1. The molecule has 1 saturated carbocycles. The Morgan fingerprint density at radius 1 is 1.33 bits per heavy atom. The number of rotatable bonds is 4. The van der Waals surface area contributed by atoms with E-state index in [0.29, 0.717) is 17.2 Å². The van der Waals surface area contributed by atoms with Gasteiger partial charge in [-0.2, -0.15) is 0 Å². The molecule has 3 nitrogen and oxygen atoms in total. The summed E-state index contributed by atoms with van der Waals surface area (Å²) in [6.07, 6.45) is 4.28. The molecule has 0 aromatic heterocycles. The van der Waals surface area contributed by atoms with Gasteiger partial charge >= 0.3 is 0 Å². The summed E-state index contributed by atoms with van der Waals surface area (Å²) >= 11 is 0. The summed E-state index contributed by atoms with van der Waals surface area (Å²) in [5.74, 6) is -0.294. The number of amides is 1. The molecule has 1 aliphatic carbocycles. The van der Waals surface area contributed by atoms with Crippen LogP contribution in [0.3, 0.4) is 0 Å². The molecule has 0 radical (unpaired) electrons. The SMILES string of the molecule is CCNC1CCC(N(C)C(=O)c2ccc(F)cc2C)CC1. The lowest BCUT2D eigenvalue weighted by atomic mass is 9.90. The fourth-order valence-corrected chi connectivity index (χ4v) is 3.18. The molecule has 1 aromatic carbocycles. The number of carbonyl (C=O) groups is 1. The lowest BCUT2D eigenvalue weighted by Crippen LogP contribution is -2.43. The average molecular weight is 292 g/mol. The smallest absolute Gasteiger partial charge is 0.254 e. The molecule has 2 rings (SSSR count). The van der Waals surface area contributed by atoms with Crippen molar-refractivity contribution < 1.29 is 9.18 Å². The topological polar surface area (TPSA) is 32.3 Å². The van der Waals surface area contributed by atoms with Gasteiger partial charge in [0, 0.05) is 24.7 Å². The standard InChI is InChI=1S/C17H25FN2O/c1-4-19-14-6-8-15(9-7-14)20(3)17(21)16-10-5-13(18)11-12(16)2/h5,10-11,14-15,19H,4,6-9H2,1-3H3. The van der Waals surface area contributed by atoms with E-state index in [0.717, 1.165) is 32.2 Å². The van der Waals surface area contributed by atoms with Crippen molar-refractivity contribution in [2.45, 2.75) is 51.6 Å². The Labute approximate surface area is 126 Å². The predicted octanol–water partition coefficient (Wildman–Crippen LogP) is 3.13. The van der Waals surface area contributed by atoms with Crippen molar-refractivity contribution in [1.29, 1.82) is 0 Å². The third kappa shape index (κ3) is 3.82. The fraction of sp³-hybridized carbons (Fsp3) is 0.588. The summed E-state index contributed by atoms with van der Waals surface area (Å²) in [5, 5.41) is 3.48. The van der Waals surface area contributed by atoms with Crippen molar-refractivity contribution in [3.8, 4) is 0 Å². The fourth-order valence-electron chi connectivity index (χ4n) is 3.18. The van der Waals surface area contributed by atoms with Gasteiger partial charge in [-0.1, -0.05) is 6.92 Å². The molecule has 0 atom stereocenters. The van der Waals surface area contributed by atoms with Gasteiger partial charge in [-0.05, 0) is 62.9 Å². The summed E-state index contributed by atoms with van der Waals surface area (Å²) in [5.41, 5.74) is 1.31. The summed E-state index contributed by atoms with van der Waals surface area (Å²) in [6.45, 7) is 4.91. The van der Waals surface area contributed by atoms with Crippen LogP contribution >= 0.6 is 0 Å². The van der Waals surface area contributed by atoms with Gasteiger partial charge in [-0.3, -0.25) is 4.79 Å². The van der Waals surface area contributed by atoms with Gasteiger partial charge in [-0.25, -0.2) is 4.39 Å². The molecular formula is C17H25FN2O. The zero-order valence-corrected chi connectivity index (χ0v) is 13.2. The third-order valence-electron chi connectivity index (χ3n) is 4.48. The Morgan fingerprint density at radius 2 is 2.00 bits per heavy atom. The van der Waals surface area contributed by atoms with Crippen LogP contribution in [0.4, 0.5) is 4.39 Å². The molecule has 0 spiro atoms. The van der Waals surface area contributed by atoms with Crippen molar-refractivity contribution in [2.75, 3.05) is 13.6 Å². The van der Waals surface area contributed by atoms with E-state index in [1.54, 1.807) is 13.0 Å². The van der Waals surface area contributed by atoms with E-state index < -0.39 is 0 Å². The van der Waals surface area contributed by atoms with Gasteiger partial charge in [0.2, 0.25) is 0 Å². The Bertz CT molecular complexity index is 496. The van der Waals surface area contributed by atoms with E-state index in [1.165, 1.54) is 12.1 Å². The molecule has 0 heterocycles. The molecule has 1 N–H and O–H groups in total. The molecule has 1 amide bonds. The second-order valence-corrected chi connectivity index (χ2v) is 5.94. The summed E-state index contributed by atoms with van der Waals surface area (Å²) < 4.78 is 13.2. The number of aryl methyl sites for hydroxylation is 1. The summed E-state index contributed by atoms with van der Waals surface area (Å²) in [7, 11) is 1.86. The first-order valence-electron chi connectivity index (χ1n) is 7.79. The maximum atomic E-state index is 13.2. The first kappa shape index (κ1) is 16.0. The zero-order valence-electron chi connectivity index (χ0n) is 13.2. The second kappa shape index (κ2) is 7.03. The Hall–Kier alpha value is -1.42. The lowest BCUT2D eigenvalue weighted by molar-refractivity contribution is 0.0684. The molecular weight excluding hydrogens is 267 g/mol. The highest BCUT2D eigenvalue weighted by Crippen LogP contribution is 2.24. The van der Waals surface area contributed by atoms with Gasteiger partial charge < -0.3 is 10.2 Å². The van der Waals surface area contributed by atoms with Crippen LogP contribution in [-0.4, -0.2) is 36.5 Å². The van der Waals surface area contributed by atoms with E-state index >= 15 is 0 Å². The summed E-state index contributed by atoms with van der Waals surface area (Å²) in [4.78, 5) is 14.4. The van der Waals surface area contributed by atoms with Gasteiger partial charge in [0.1, 0.15) is 5.82 Å². The molecule has 0 saturated heterocycles. The molecule has 116 valence electrons. The molecule has 1 aliphatic rings. The maximum absolute atomic E-state index is 13.2. The quantitative estimate of drug-likeness (QED) is 0.924. The van der Waals surface area contributed by atoms with E-state index in [4.69, 9.17) is 0 Å². The normalized spacial score (nSPS) is 22.1. The zero-order chi connectivity index (χ0) is 15.4. The van der Waals surface area contributed by atoms with Gasteiger partial charge in [-0.15, -0.1) is 0 Å². The predicted molar refractivity (Wildman–Crippen MR) is 83.0 cm³/mol. The van der Waals surface area contributed by atoms with Crippen LogP contribution in [0.5, 0.6) is 0 Å². The molecule has 1 fully saturated rings. The van der Waals surface area contributed by atoms with Crippen LogP contribution in [-0.2, 0) is 0 Å². The minimum absolute atomic E-state index is 0.000555. The van der Waals surface area contributed by atoms with E-state index in [2.05, 4.69) is 12.2 Å². The number of benzene rings is 1. The summed E-state index contributed by atoms with van der Waals surface area (Å²) in [6, 6.07) is 5.24. The molecule has 4 heteroatoms. The Morgan fingerprint density at radius 3 is 2.57 bits per heavy atom. The monoisotopic (exact) mass is 292 g/mol. The third-order valence-corrected chi connectivity index (χ3v) is 4.48. The van der Waals surface area contributed by atoms with Crippen molar-refractivity contribution in [1.82, 2.24) is 10.2 Å². The number of halogens is 1. The van der Waals surface area contributed by atoms with Gasteiger partial charge in [0.25, 0.3) is 5.91 Å². The Balaban J connectivity index is 2.00. The maximum Gasteiger partial charge on any atom is 0.254 e. The van der Waals surface area contributed by atoms with E-state index in [1.807, 2.05) is 11.9 Å². The highest BCUT2D eigenvalue weighted by molar-refractivity contribution is 5.95. The minimum atomic E-state index is -0.294. The Kier molecular flexibility index (Phi) is 5.34. The van der Waals surface area contributed by atoms with Crippen molar-refractivity contribution >= 4 is 5.91 Å². The van der Waals surface area contributed by atoms with Crippen molar-refractivity contribution in [3.05, 3.63) is 35.1 Å². The van der Waals surface area contributed by atoms with Crippen LogP contribution in [0, 0.1) is 12.7 Å². The van der Waals surface area contributed by atoms with Crippen LogP contribution in [0.2, 0.25) is 0 Å². The molecule has 21 heavy (non-hydrogen) atoms. The number of hydrogen-bond acceptors (Lipinski definition) is 2. The molecule has 0 unspecified atom stereocenters. The van der Waals surface area contributed by atoms with Gasteiger partial charge in [0.15, 0.2) is 0 Å². The van der Waals surface area contributed by atoms with Crippen molar-refractivity contribution in [3.63, 3.8) is 0 Å². The van der Waals surface area contributed by atoms with Gasteiger partial charge in [0.05, 0.1) is 0 Å². The highest BCUT2D eigenvalue weighted by atomic mass is 19.1. The van der Waals surface area contributed by atoms with Crippen LogP contribution < -0.4 is 5.32 Å². The molecule has 1 aromatic rings. The lowest BCUT2D eigenvalue weighted by Gasteiger charge is -2.35. The highest BCUT2D eigenvalue weighted by Gasteiger charge is 2.27. The molecule has 0 aliphatic heterocycles. The largest absolute Gasteiger partial charge is 0.339 e. The van der Waals surface area contributed by atoms with E-state index in [-0.39, 0.29) is 17.8 Å². The number of hydrogen-bond donors (Lipinski definition) is 1. The average Bonchev–Trinajstić information content (AvgIpc) is 2.47. The van der Waals surface area contributed by atoms with Crippen LogP contribution in [0.1, 0.15) is 48.5 Å². The number of carbonyl (C=O) groups excluding carboxylic acids is 1. The second-order valence-electron chi connectivity index (χ2n) is 5.94.